The second-order valence-electron chi connectivity index (χ2n) is 16.2. The molecule has 2 aliphatic carbocycles. The molecule has 1 saturated carbocycles. The van der Waals surface area contributed by atoms with Crippen LogP contribution in [0, 0.1) is 0 Å². The third-order valence-corrected chi connectivity index (χ3v) is 13.2. The van der Waals surface area contributed by atoms with Gasteiger partial charge >= 0.3 is 0 Å². The van der Waals surface area contributed by atoms with Crippen molar-refractivity contribution in [2.45, 2.75) is 82.5 Å². The van der Waals surface area contributed by atoms with Gasteiger partial charge in [-0.2, -0.15) is 0 Å². The number of rotatable bonds is 13. The van der Waals surface area contributed by atoms with Crippen LogP contribution in [0.2, 0.25) is 0 Å². The summed E-state index contributed by atoms with van der Waals surface area (Å²) in [6.07, 6.45) is 10.8. The van der Waals surface area contributed by atoms with E-state index in [9.17, 15) is 0 Å². The molecule has 0 aliphatic heterocycles. The van der Waals surface area contributed by atoms with Crippen molar-refractivity contribution in [3.05, 3.63) is 204 Å². The molecule has 9 rings (SSSR count). The number of nitrogens with zero attached hydrogens (tertiary/aromatic N) is 2. The summed E-state index contributed by atoms with van der Waals surface area (Å²) in [6, 6.07) is 67.9. The molecule has 0 saturated heterocycles. The Bertz CT molecular complexity index is 2360. The van der Waals surface area contributed by atoms with Gasteiger partial charge in [0.05, 0.1) is 0 Å². The van der Waals surface area contributed by atoms with Crippen molar-refractivity contribution in [1.82, 2.24) is 0 Å². The van der Waals surface area contributed by atoms with Crippen LogP contribution in [-0.4, -0.2) is 0 Å². The minimum Gasteiger partial charge on any atom is -0.311 e. The molecule has 0 bridgehead atoms. The van der Waals surface area contributed by atoms with E-state index in [1.807, 2.05) is 0 Å². The van der Waals surface area contributed by atoms with Gasteiger partial charge in [-0.15, -0.1) is 0 Å². The smallest absolute Gasteiger partial charge is 0.0465 e. The number of benzene rings is 7. The quantitative estimate of drug-likeness (QED) is 0.109. The Morgan fingerprint density at radius 2 is 0.877 bits per heavy atom. The van der Waals surface area contributed by atoms with Crippen molar-refractivity contribution in [2.24, 2.45) is 0 Å². The number of para-hydroxylation sites is 3. The van der Waals surface area contributed by atoms with E-state index >= 15 is 0 Å². The number of fused-ring (bicyclic) bond motifs is 5. The summed E-state index contributed by atoms with van der Waals surface area (Å²) in [5, 5.41) is 0. The van der Waals surface area contributed by atoms with Crippen LogP contribution in [0.3, 0.4) is 0 Å². The van der Waals surface area contributed by atoms with Crippen LogP contribution in [0.1, 0.15) is 93.9 Å². The Morgan fingerprint density at radius 1 is 0.439 bits per heavy atom. The van der Waals surface area contributed by atoms with Gasteiger partial charge in [-0.05, 0) is 132 Å². The third-order valence-electron chi connectivity index (χ3n) is 13.2. The zero-order valence-electron chi connectivity index (χ0n) is 33.6. The number of hydrogen-bond donors (Lipinski definition) is 0. The maximum absolute atomic E-state index is 2.53. The molecule has 0 radical (unpaired) electrons. The van der Waals surface area contributed by atoms with E-state index < -0.39 is 0 Å². The molecule has 0 heterocycles. The lowest BCUT2D eigenvalue weighted by atomic mass is 9.69. The van der Waals surface area contributed by atoms with Crippen LogP contribution in [0.4, 0.5) is 34.1 Å². The third kappa shape index (κ3) is 6.65. The van der Waals surface area contributed by atoms with E-state index in [0.29, 0.717) is 0 Å². The van der Waals surface area contributed by atoms with Crippen LogP contribution < -0.4 is 9.80 Å². The second kappa shape index (κ2) is 15.9. The number of unbranched alkanes of at least 4 members (excludes halogenated alkanes) is 2. The Hall–Kier alpha value is -5.86. The summed E-state index contributed by atoms with van der Waals surface area (Å²) in [5.74, 6) is 0. The lowest BCUT2D eigenvalue weighted by Gasteiger charge is -2.36. The first-order valence-electron chi connectivity index (χ1n) is 21.4. The first kappa shape index (κ1) is 36.8. The minimum absolute atomic E-state index is 0.0949. The molecule has 2 heteroatoms. The van der Waals surface area contributed by atoms with E-state index in [4.69, 9.17) is 0 Å². The fourth-order valence-electron chi connectivity index (χ4n) is 10.3. The molecule has 2 nitrogen and oxygen atoms in total. The fourth-order valence-corrected chi connectivity index (χ4v) is 10.3. The molecule has 284 valence electrons. The molecule has 1 spiro atoms. The van der Waals surface area contributed by atoms with Crippen molar-refractivity contribution in [3.63, 3.8) is 0 Å². The van der Waals surface area contributed by atoms with Gasteiger partial charge in [0.25, 0.3) is 0 Å². The lowest BCUT2D eigenvalue weighted by molar-refractivity contribution is 0.431. The standard InChI is InChI=1S/C55H54N2/c1-3-5-17-38-54(4-2,42-28-32-47(33-29-42)56(44-20-9-6-10-21-44)45-22-11-7-12-23-45)43-30-34-48(35-31-43)57(46-24-13-8-14-25-46)49-36-37-51-50-26-15-16-27-52(50)55(53(51)41-49)39-18-19-40-55/h6-16,20-37,41H,3-5,17-19,38-40H2,1-2H3. The van der Waals surface area contributed by atoms with Crippen molar-refractivity contribution < 1.29 is 0 Å². The Kier molecular flexibility index (Phi) is 10.3. The highest BCUT2D eigenvalue weighted by molar-refractivity contribution is 5.86. The second-order valence-corrected chi connectivity index (χ2v) is 16.2. The Morgan fingerprint density at radius 3 is 1.39 bits per heavy atom. The predicted octanol–water partition coefficient (Wildman–Crippen LogP) is 15.7. The summed E-state index contributed by atoms with van der Waals surface area (Å²) in [5.41, 5.74) is 15.8. The zero-order valence-corrected chi connectivity index (χ0v) is 33.6. The van der Waals surface area contributed by atoms with Gasteiger partial charge in [-0.1, -0.05) is 155 Å². The van der Waals surface area contributed by atoms with Crippen LogP contribution >= 0.6 is 0 Å². The van der Waals surface area contributed by atoms with E-state index in [1.165, 1.54) is 101 Å². The number of hydrogen-bond acceptors (Lipinski definition) is 2. The fraction of sp³-hybridized carbons (Fsp3) is 0.236. The molecule has 0 amide bonds. The summed E-state index contributed by atoms with van der Waals surface area (Å²) in [4.78, 5) is 4.82. The molecule has 7 aromatic rings. The predicted molar refractivity (Wildman–Crippen MR) is 242 cm³/mol. The highest BCUT2D eigenvalue weighted by Gasteiger charge is 2.45. The molecule has 1 unspecified atom stereocenters. The van der Waals surface area contributed by atoms with E-state index in [1.54, 1.807) is 0 Å². The topological polar surface area (TPSA) is 6.48 Å². The van der Waals surface area contributed by atoms with Gasteiger partial charge in [-0.3, -0.25) is 0 Å². The highest BCUT2D eigenvalue weighted by atomic mass is 15.1. The molecule has 2 aliphatic rings. The normalized spacial score (nSPS) is 14.8. The first-order chi connectivity index (χ1) is 28.1. The van der Waals surface area contributed by atoms with E-state index in [2.05, 4.69) is 206 Å². The highest BCUT2D eigenvalue weighted by Crippen LogP contribution is 2.58. The maximum atomic E-state index is 2.53. The van der Waals surface area contributed by atoms with Crippen molar-refractivity contribution in [3.8, 4) is 11.1 Å². The van der Waals surface area contributed by atoms with Gasteiger partial charge in [0, 0.05) is 45.0 Å². The summed E-state index contributed by atoms with van der Waals surface area (Å²) in [7, 11) is 0. The maximum Gasteiger partial charge on any atom is 0.0465 e. The molecular weight excluding hydrogens is 689 g/mol. The SMILES string of the molecule is CCCCCC(CC)(c1ccc(N(c2ccccc2)c2ccccc2)cc1)c1ccc(N(c2ccccc2)c2ccc3c(c2)C2(CCCC2)c2ccccc2-3)cc1. The summed E-state index contributed by atoms with van der Waals surface area (Å²) in [6.45, 7) is 4.69. The van der Waals surface area contributed by atoms with Gasteiger partial charge in [-0.25, -0.2) is 0 Å². The van der Waals surface area contributed by atoms with Crippen molar-refractivity contribution in [1.29, 1.82) is 0 Å². The van der Waals surface area contributed by atoms with E-state index in [0.717, 1.165) is 24.2 Å². The Labute approximate surface area is 340 Å². The molecule has 7 aromatic carbocycles. The van der Waals surface area contributed by atoms with Crippen molar-refractivity contribution in [2.75, 3.05) is 9.80 Å². The average molecular weight is 743 g/mol. The van der Waals surface area contributed by atoms with Crippen LogP contribution in [0.15, 0.2) is 182 Å². The largest absolute Gasteiger partial charge is 0.311 e. The van der Waals surface area contributed by atoms with Gasteiger partial charge in [0.2, 0.25) is 0 Å². The molecule has 0 N–H and O–H groups in total. The van der Waals surface area contributed by atoms with Crippen LogP contribution in [-0.2, 0) is 10.8 Å². The van der Waals surface area contributed by atoms with E-state index in [-0.39, 0.29) is 10.8 Å². The zero-order chi connectivity index (χ0) is 38.7. The molecule has 1 fully saturated rings. The minimum atomic E-state index is -0.0949. The average Bonchev–Trinajstić information content (AvgIpc) is 3.88. The van der Waals surface area contributed by atoms with Crippen LogP contribution in [0.25, 0.3) is 11.1 Å². The first-order valence-corrected chi connectivity index (χ1v) is 21.4. The lowest BCUT2D eigenvalue weighted by Crippen LogP contribution is -2.27. The Balaban J connectivity index is 1.10. The van der Waals surface area contributed by atoms with Crippen molar-refractivity contribution >= 4 is 34.1 Å². The monoisotopic (exact) mass is 742 g/mol. The summed E-state index contributed by atoms with van der Waals surface area (Å²) < 4.78 is 0. The molecule has 0 aromatic heterocycles. The van der Waals surface area contributed by atoms with Gasteiger partial charge < -0.3 is 9.80 Å². The van der Waals surface area contributed by atoms with Gasteiger partial charge in [0.15, 0.2) is 0 Å². The summed E-state index contributed by atoms with van der Waals surface area (Å²) >= 11 is 0. The van der Waals surface area contributed by atoms with Crippen LogP contribution in [0.5, 0.6) is 0 Å². The van der Waals surface area contributed by atoms with Gasteiger partial charge in [0.1, 0.15) is 0 Å². The molecular formula is C55H54N2. The molecule has 57 heavy (non-hydrogen) atoms. The number of anilines is 6. The molecule has 1 atom stereocenters.